The summed E-state index contributed by atoms with van der Waals surface area (Å²) in [6, 6.07) is 23.4. The summed E-state index contributed by atoms with van der Waals surface area (Å²) in [5.74, 6) is -0.476. The molecule has 0 atom stereocenters. The summed E-state index contributed by atoms with van der Waals surface area (Å²) in [4.78, 5) is 31.5. The largest absolute Gasteiger partial charge is 0.466 e. The zero-order valence-electron chi connectivity index (χ0n) is 18.3. The highest BCUT2D eigenvalue weighted by atomic mass is 32.2. The minimum absolute atomic E-state index is 0.233. The number of rotatable bonds is 8. The SMILES string of the molecule is CCOC(=O)CCC1=Nc2cc(C(=O)NNCc3ccccc3)ccc2Sc2ccccc21. The van der Waals surface area contributed by atoms with Crippen LogP contribution in [0.15, 0.2) is 87.6 Å². The number of carbonyl (C=O) groups excluding carboxylic acids is 2. The molecule has 0 fully saturated rings. The van der Waals surface area contributed by atoms with E-state index < -0.39 is 0 Å². The predicted octanol–water partition coefficient (Wildman–Crippen LogP) is 5.05. The van der Waals surface area contributed by atoms with Crippen molar-refractivity contribution in [2.24, 2.45) is 4.99 Å². The monoisotopic (exact) mass is 459 g/mol. The molecule has 1 aliphatic rings. The molecule has 7 heteroatoms. The van der Waals surface area contributed by atoms with E-state index in [1.165, 1.54) is 0 Å². The minimum Gasteiger partial charge on any atom is -0.466 e. The van der Waals surface area contributed by atoms with E-state index in [4.69, 9.17) is 9.73 Å². The maximum absolute atomic E-state index is 12.7. The van der Waals surface area contributed by atoms with E-state index in [-0.39, 0.29) is 18.3 Å². The van der Waals surface area contributed by atoms with E-state index >= 15 is 0 Å². The maximum Gasteiger partial charge on any atom is 0.306 e. The first-order valence-electron chi connectivity index (χ1n) is 10.9. The van der Waals surface area contributed by atoms with Crippen molar-refractivity contribution in [2.45, 2.75) is 36.1 Å². The van der Waals surface area contributed by atoms with Crippen molar-refractivity contribution in [2.75, 3.05) is 6.61 Å². The van der Waals surface area contributed by atoms with Crippen molar-refractivity contribution in [1.29, 1.82) is 0 Å². The van der Waals surface area contributed by atoms with Crippen molar-refractivity contribution in [1.82, 2.24) is 10.9 Å². The molecular formula is C26H25N3O3S. The van der Waals surface area contributed by atoms with E-state index in [9.17, 15) is 9.59 Å². The number of aliphatic imine (C=N–C) groups is 1. The molecule has 0 aliphatic carbocycles. The Morgan fingerprint density at radius 2 is 1.76 bits per heavy atom. The van der Waals surface area contributed by atoms with Gasteiger partial charge in [-0.25, -0.2) is 5.43 Å². The first-order chi connectivity index (χ1) is 16.1. The number of fused-ring (bicyclic) bond motifs is 2. The molecule has 6 nitrogen and oxygen atoms in total. The third-order valence-electron chi connectivity index (χ3n) is 5.10. The van der Waals surface area contributed by atoms with Gasteiger partial charge in [0.2, 0.25) is 0 Å². The smallest absolute Gasteiger partial charge is 0.306 e. The lowest BCUT2D eigenvalue weighted by Crippen LogP contribution is -2.36. The Labute approximate surface area is 197 Å². The number of amides is 1. The van der Waals surface area contributed by atoms with Crippen LogP contribution in [0.4, 0.5) is 5.69 Å². The number of hydrogen-bond donors (Lipinski definition) is 2. The highest BCUT2D eigenvalue weighted by molar-refractivity contribution is 7.99. The summed E-state index contributed by atoms with van der Waals surface area (Å²) in [5, 5.41) is 0. The molecule has 0 unspecified atom stereocenters. The molecule has 0 saturated carbocycles. The fourth-order valence-electron chi connectivity index (χ4n) is 3.49. The van der Waals surface area contributed by atoms with Gasteiger partial charge in [0, 0.05) is 33.9 Å². The normalized spacial score (nSPS) is 12.1. The molecular weight excluding hydrogens is 434 g/mol. The molecule has 0 spiro atoms. The van der Waals surface area contributed by atoms with E-state index in [2.05, 4.69) is 10.9 Å². The van der Waals surface area contributed by atoms with Gasteiger partial charge in [-0.3, -0.25) is 20.0 Å². The zero-order chi connectivity index (χ0) is 23.0. The number of benzene rings is 3. The number of hydrazine groups is 1. The zero-order valence-corrected chi connectivity index (χ0v) is 19.2. The summed E-state index contributed by atoms with van der Waals surface area (Å²) in [7, 11) is 0. The van der Waals surface area contributed by atoms with Crippen LogP contribution >= 0.6 is 11.8 Å². The summed E-state index contributed by atoms with van der Waals surface area (Å²) >= 11 is 1.61. The lowest BCUT2D eigenvalue weighted by molar-refractivity contribution is -0.142. The maximum atomic E-state index is 12.7. The Bertz CT molecular complexity index is 1180. The highest BCUT2D eigenvalue weighted by Crippen LogP contribution is 2.41. The number of hydrogen-bond acceptors (Lipinski definition) is 6. The third kappa shape index (κ3) is 5.88. The van der Waals surface area contributed by atoms with Crippen LogP contribution < -0.4 is 10.9 Å². The Morgan fingerprint density at radius 1 is 0.970 bits per heavy atom. The molecule has 1 aliphatic heterocycles. The van der Waals surface area contributed by atoms with Crippen LogP contribution in [0.3, 0.4) is 0 Å². The number of nitrogens with one attached hydrogen (secondary N) is 2. The number of ether oxygens (including phenoxy) is 1. The molecule has 168 valence electrons. The summed E-state index contributed by atoms with van der Waals surface area (Å²) in [6.07, 6.45) is 0.718. The number of nitrogens with zero attached hydrogens (tertiary/aromatic N) is 1. The van der Waals surface area contributed by atoms with E-state index in [0.29, 0.717) is 30.8 Å². The van der Waals surface area contributed by atoms with Crippen LogP contribution in [0.25, 0.3) is 0 Å². The van der Waals surface area contributed by atoms with E-state index in [1.54, 1.807) is 30.8 Å². The van der Waals surface area contributed by atoms with Crippen LogP contribution in [0.5, 0.6) is 0 Å². The second-order valence-corrected chi connectivity index (χ2v) is 8.52. The standard InChI is InChI=1S/C26H25N3O3S/c1-2-32-25(30)15-13-21-20-10-6-7-11-23(20)33-24-14-12-19(16-22(24)28-21)26(31)29-27-17-18-8-4-3-5-9-18/h3-12,14,16,27H,2,13,15,17H2,1H3,(H,29,31). The minimum atomic E-state index is -0.243. The lowest BCUT2D eigenvalue weighted by atomic mass is 10.1. The molecule has 3 aromatic carbocycles. The van der Waals surface area contributed by atoms with Crippen LogP contribution in [0, 0.1) is 0 Å². The average Bonchev–Trinajstić information content (AvgIpc) is 2.99. The lowest BCUT2D eigenvalue weighted by Gasteiger charge is -2.09. The van der Waals surface area contributed by atoms with Gasteiger partial charge in [-0.05, 0) is 36.8 Å². The van der Waals surface area contributed by atoms with Crippen molar-refractivity contribution in [3.63, 3.8) is 0 Å². The highest BCUT2D eigenvalue weighted by Gasteiger charge is 2.19. The summed E-state index contributed by atoms with van der Waals surface area (Å²) in [5.41, 5.74) is 9.82. The third-order valence-corrected chi connectivity index (χ3v) is 6.24. The van der Waals surface area contributed by atoms with Gasteiger partial charge in [0.1, 0.15) is 0 Å². The topological polar surface area (TPSA) is 79.8 Å². The van der Waals surface area contributed by atoms with Gasteiger partial charge in [0.15, 0.2) is 0 Å². The Hall–Kier alpha value is -3.42. The van der Waals surface area contributed by atoms with Gasteiger partial charge in [-0.1, -0.05) is 60.3 Å². The number of carbonyl (C=O) groups is 2. The van der Waals surface area contributed by atoms with Gasteiger partial charge in [-0.2, -0.15) is 0 Å². The quantitative estimate of drug-likeness (QED) is 0.364. The Balaban J connectivity index is 1.53. The van der Waals surface area contributed by atoms with Crippen molar-refractivity contribution in [3.05, 3.63) is 89.5 Å². The molecule has 2 N–H and O–H groups in total. The fraction of sp³-hybridized carbons (Fsp3) is 0.192. The Morgan fingerprint density at radius 3 is 2.58 bits per heavy atom. The van der Waals surface area contributed by atoms with Crippen LogP contribution in [-0.4, -0.2) is 24.2 Å². The fourth-order valence-corrected chi connectivity index (χ4v) is 4.51. The van der Waals surface area contributed by atoms with Gasteiger partial charge >= 0.3 is 5.97 Å². The van der Waals surface area contributed by atoms with Crippen LogP contribution in [0.1, 0.15) is 41.3 Å². The van der Waals surface area contributed by atoms with Gasteiger partial charge < -0.3 is 4.74 Å². The molecule has 0 aromatic heterocycles. The van der Waals surface area contributed by atoms with Crippen LogP contribution in [0.2, 0.25) is 0 Å². The summed E-state index contributed by atoms with van der Waals surface area (Å²) in [6.45, 7) is 2.68. The van der Waals surface area contributed by atoms with Gasteiger partial charge in [0.05, 0.1) is 24.4 Å². The van der Waals surface area contributed by atoms with E-state index in [1.807, 2.05) is 60.7 Å². The molecule has 4 rings (SSSR count). The first kappa shape index (κ1) is 22.8. The molecule has 0 saturated heterocycles. The molecule has 3 aromatic rings. The summed E-state index contributed by atoms with van der Waals surface area (Å²) < 4.78 is 5.08. The van der Waals surface area contributed by atoms with Gasteiger partial charge in [-0.15, -0.1) is 0 Å². The molecule has 0 bridgehead atoms. The molecule has 1 amide bonds. The van der Waals surface area contributed by atoms with E-state index in [0.717, 1.165) is 26.6 Å². The second kappa shape index (κ2) is 10.9. The molecule has 0 radical (unpaired) electrons. The van der Waals surface area contributed by atoms with Gasteiger partial charge in [0.25, 0.3) is 5.91 Å². The first-order valence-corrected chi connectivity index (χ1v) is 11.7. The molecule has 1 heterocycles. The van der Waals surface area contributed by atoms with Crippen LogP contribution in [-0.2, 0) is 16.1 Å². The average molecular weight is 460 g/mol. The molecule has 33 heavy (non-hydrogen) atoms. The Kier molecular flexibility index (Phi) is 7.55. The van der Waals surface area contributed by atoms with Crippen molar-refractivity contribution in [3.8, 4) is 0 Å². The van der Waals surface area contributed by atoms with Crippen molar-refractivity contribution >= 4 is 35.0 Å². The van der Waals surface area contributed by atoms with Crippen molar-refractivity contribution < 1.29 is 14.3 Å². The number of esters is 1. The predicted molar refractivity (Wildman–Crippen MR) is 130 cm³/mol. The second-order valence-electron chi connectivity index (χ2n) is 7.44.